The number of benzene rings is 2. The van der Waals surface area contributed by atoms with Crippen LogP contribution >= 0.6 is 0 Å². The van der Waals surface area contributed by atoms with E-state index in [4.69, 9.17) is 0 Å². The third-order valence-electron chi connectivity index (χ3n) is 5.92. The number of carbonyl (C=O) groups excluding carboxylic acids is 1. The molecule has 1 aliphatic heterocycles. The highest BCUT2D eigenvalue weighted by Gasteiger charge is 2.20. The van der Waals surface area contributed by atoms with Crippen LogP contribution in [0, 0.1) is 23.0 Å². The summed E-state index contributed by atoms with van der Waals surface area (Å²) in [6, 6.07) is 12.1. The second kappa shape index (κ2) is 10.2. The lowest BCUT2D eigenvalue weighted by Gasteiger charge is -2.31. The van der Waals surface area contributed by atoms with Crippen molar-refractivity contribution in [1.82, 2.24) is 4.90 Å². The van der Waals surface area contributed by atoms with Crippen molar-refractivity contribution in [3.63, 3.8) is 0 Å². The van der Waals surface area contributed by atoms with Gasteiger partial charge in [-0.05, 0) is 75.4 Å². The molecule has 0 radical (unpaired) electrons. The van der Waals surface area contributed by atoms with E-state index in [9.17, 15) is 20.0 Å². The molecule has 1 saturated heterocycles. The van der Waals surface area contributed by atoms with E-state index >= 15 is 0 Å². The maximum Gasteiger partial charge on any atom is 0.274 e. The van der Waals surface area contributed by atoms with Crippen molar-refractivity contribution < 1.29 is 14.8 Å². The average Bonchev–Trinajstić information content (AvgIpc) is 2.74. The van der Waals surface area contributed by atoms with Crippen molar-refractivity contribution in [3.8, 4) is 5.75 Å². The number of amides is 1. The van der Waals surface area contributed by atoms with E-state index in [1.807, 2.05) is 12.1 Å². The Labute approximate surface area is 176 Å². The Morgan fingerprint density at radius 1 is 1.20 bits per heavy atom. The fourth-order valence-electron chi connectivity index (χ4n) is 3.96. The Morgan fingerprint density at radius 2 is 1.90 bits per heavy atom. The van der Waals surface area contributed by atoms with Gasteiger partial charge in [-0.3, -0.25) is 14.9 Å². The van der Waals surface area contributed by atoms with Crippen molar-refractivity contribution in [2.75, 3.05) is 25.0 Å². The first-order valence-electron chi connectivity index (χ1n) is 10.5. The van der Waals surface area contributed by atoms with Gasteiger partial charge in [0.2, 0.25) is 5.91 Å². The zero-order valence-corrected chi connectivity index (χ0v) is 17.3. The number of phenols is 1. The van der Waals surface area contributed by atoms with E-state index in [1.165, 1.54) is 11.6 Å². The summed E-state index contributed by atoms with van der Waals surface area (Å²) >= 11 is 0. The minimum atomic E-state index is -0.434. The van der Waals surface area contributed by atoms with Crippen LogP contribution in [0.1, 0.15) is 36.8 Å². The topological polar surface area (TPSA) is 95.7 Å². The maximum atomic E-state index is 12.3. The highest BCUT2D eigenvalue weighted by molar-refractivity contribution is 5.92. The summed E-state index contributed by atoms with van der Waals surface area (Å²) in [5, 5.41) is 23.2. The molecule has 1 amide bonds. The number of nitrogens with zero attached hydrogens (tertiary/aromatic N) is 2. The largest absolute Gasteiger partial charge is 0.508 e. The molecule has 1 heterocycles. The summed E-state index contributed by atoms with van der Waals surface area (Å²) in [5.74, 6) is 0.876. The fraction of sp³-hybridized carbons (Fsp3) is 0.435. The molecule has 7 heteroatoms. The number of aromatic hydroxyl groups is 1. The Hall–Kier alpha value is -2.93. The summed E-state index contributed by atoms with van der Waals surface area (Å²) in [4.78, 5) is 25.2. The molecular weight excluding hydrogens is 382 g/mol. The van der Waals surface area contributed by atoms with Crippen molar-refractivity contribution in [1.29, 1.82) is 0 Å². The van der Waals surface area contributed by atoms with E-state index in [0.29, 0.717) is 35.9 Å². The number of phenolic OH excluding ortho intramolecular Hbond substituents is 1. The predicted molar refractivity (Wildman–Crippen MR) is 117 cm³/mol. The number of nitro benzene ring substituents is 1. The van der Waals surface area contributed by atoms with E-state index in [2.05, 4.69) is 10.2 Å². The zero-order valence-electron chi connectivity index (χ0n) is 17.3. The van der Waals surface area contributed by atoms with Crippen LogP contribution in [0.3, 0.4) is 0 Å². The van der Waals surface area contributed by atoms with Gasteiger partial charge in [-0.1, -0.05) is 18.2 Å². The first-order valence-corrected chi connectivity index (χ1v) is 10.5. The molecule has 30 heavy (non-hydrogen) atoms. The van der Waals surface area contributed by atoms with Gasteiger partial charge in [-0.25, -0.2) is 0 Å². The van der Waals surface area contributed by atoms with Gasteiger partial charge in [0.25, 0.3) is 5.69 Å². The molecule has 2 aromatic rings. The third kappa shape index (κ3) is 6.03. The number of rotatable bonds is 8. The summed E-state index contributed by atoms with van der Waals surface area (Å²) in [5.41, 5.74) is 2.25. The highest BCUT2D eigenvalue weighted by Crippen LogP contribution is 2.26. The Balaban J connectivity index is 1.38. The second-order valence-corrected chi connectivity index (χ2v) is 8.00. The van der Waals surface area contributed by atoms with E-state index in [-0.39, 0.29) is 11.6 Å². The number of hydrogen-bond donors (Lipinski definition) is 2. The molecule has 0 aliphatic carbocycles. The molecule has 1 fully saturated rings. The van der Waals surface area contributed by atoms with Crippen LogP contribution in [0.15, 0.2) is 42.5 Å². The lowest BCUT2D eigenvalue weighted by Crippen LogP contribution is -2.36. The summed E-state index contributed by atoms with van der Waals surface area (Å²) < 4.78 is 0. The third-order valence-corrected chi connectivity index (χ3v) is 5.92. The molecule has 0 bridgehead atoms. The minimum Gasteiger partial charge on any atom is -0.508 e. The molecule has 2 N–H and O–H groups in total. The quantitative estimate of drug-likeness (QED) is 0.499. The highest BCUT2D eigenvalue weighted by atomic mass is 16.6. The van der Waals surface area contributed by atoms with Crippen molar-refractivity contribution >= 4 is 17.3 Å². The molecule has 7 nitrogen and oxygen atoms in total. The van der Waals surface area contributed by atoms with Crippen LogP contribution in [-0.4, -0.2) is 40.5 Å². The van der Waals surface area contributed by atoms with Gasteiger partial charge in [-0.2, -0.15) is 0 Å². The summed E-state index contributed by atoms with van der Waals surface area (Å²) in [7, 11) is 0. The van der Waals surface area contributed by atoms with Crippen LogP contribution in [0.4, 0.5) is 11.4 Å². The first kappa shape index (κ1) is 21.8. The summed E-state index contributed by atoms with van der Waals surface area (Å²) in [6.07, 6.45) is 4.80. The van der Waals surface area contributed by atoms with Crippen molar-refractivity contribution in [2.45, 2.75) is 39.0 Å². The van der Waals surface area contributed by atoms with Crippen LogP contribution in [0.5, 0.6) is 5.75 Å². The zero-order chi connectivity index (χ0) is 21.5. The first-order chi connectivity index (χ1) is 14.4. The van der Waals surface area contributed by atoms with Gasteiger partial charge < -0.3 is 15.3 Å². The van der Waals surface area contributed by atoms with E-state index in [0.717, 1.165) is 38.8 Å². The molecule has 0 saturated carbocycles. The Bertz CT molecular complexity index is 875. The summed E-state index contributed by atoms with van der Waals surface area (Å²) in [6.45, 7) is 4.33. The van der Waals surface area contributed by atoms with Gasteiger partial charge in [0.05, 0.1) is 16.2 Å². The molecule has 1 aliphatic rings. The predicted octanol–water partition coefficient (Wildman–Crippen LogP) is 4.28. The van der Waals surface area contributed by atoms with Crippen molar-refractivity contribution in [2.24, 2.45) is 5.92 Å². The lowest BCUT2D eigenvalue weighted by atomic mass is 9.90. The van der Waals surface area contributed by atoms with Gasteiger partial charge >= 0.3 is 0 Å². The molecule has 0 atom stereocenters. The smallest absolute Gasteiger partial charge is 0.274 e. The lowest BCUT2D eigenvalue weighted by molar-refractivity contribution is -0.385. The molecule has 0 unspecified atom stereocenters. The molecule has 0 spiro atoms. The number of likely N-dealkylation sites (tertiary alicyclic amines) is 1. The van der Waals surface area contributed by atoms with Crippen LogP contribution in [0.25, 0.3) is 0 Å². The van der Waals surface area contributed by atoms with Crippen LogP contribution < -0.4 is 5.32 Å². The second-order valence-electron chi connectivity index (χ2n) is 8.00. The Morgan fingerprint density at radius 3 is 2.57 bits per heavy atom. The van der Waals surface area contributed by atoms with E-state index in [1.54, 1.807) is 31.2 Å². The van der Waals surface area contributed by atoms with Gasteiger partial charge in [-0.15, -0.1) is 0 Å². The number of carbonyl (C=O) groups is 1. The fourth-order valence-corrected chi connectivity index (χ4v) is 3.96. The average molecular weight is 412 g/mol. The molecule has 3 rings (SSSR count). The standard InChI is InChI=1S/C23H29N3O4/c1-17-21(3-2-4-22(17)26(29)30)24-23(28)13-16-25-14-11-19(12-15-25)6-5-18-7-9-20(27)10-8-18/h2-4,7-10,19,27H,5-6,11-16H2,1H3,(H,24,28). The SMILES string of the molecule is Cc1c(NC(=O)CCN2CCC(CCc3ccc(O)cc3)CC2)cccc1[N+](=O)[O-]. The Kier molecular flexibility index (Phi) is 7.41. The van der Waals surface area contributed by atoms with Gasteiger partial charge in [0, 0.05) is 19.0 Å². The monoisotopic (exact) mass is 411 g/mol. The number of anilines is 1. The van der Waals surface area contributed by atoms with Crippen molar-refractivity contribution in [3.05, 3.63) is 63.7 Å². The number of hydrogen-bond acceptors (Lipinski definition) is 5. The van der Waals surface area contributed by atoms with Crippen LogP contribution in [0.2, 0.25) is 0 Å². The molecule has 0 aromatic heterocycles. The van der Waals surface area contributed by atoms with Gasteiger partial charge in [0.1, 0.15) is 5.75 Å². The number of nitro groups is 1. The molecule has 160 valence electrons. The van der Waals surface area contributed by atoms with Gasteiger partial charge in [0.15, 0.2) is 0 Å². The maximum absolute atomic E-state index is 12.3. The minimum absolute atomic E-state index is 0.0159. The van der Waals surface area contributed by atoms with Crippen LogP contribution in [-0.2, 0) is 11.2 Å². The molecule has 2 aromatic carbocycles. The normalized spacial score (nSPS) is 15.1. The molecular formula is C23H29N3O4. The van der Waals surface area contributed by atoms with E-state index < -0.39 is 4.92 Å². The number of piperidine rings is 1. The number of nitrogens with one attached hydrogen (secondary N) is 1. The number of aryl methyl sites for hydroxylation is 1.